The summed E-state index contributed by atoms with van der Waals surface area (Å²) in [7, 11) is -2.21. The highest BCUT2D eigenvalue weighted by Crippen LogP contribution is 2.54. The second-order valence-electron chi connectivity index (χ2n) is 33.0. The van der Waals surface area contributed by atoms with E-state index in [1.807, 2.05) is 20.8 Å². The molecule has 6 nitrogen and oxygen atoms in total. The molecular formula is C87H105O6PS6. The molecule has 0 atom stereocenters. The number of benzene rings is 9. The Morgan fingerprint density at radius 2 is 0.460 bits per heavy atom. The van der Waals surface area contributed by atoms with Gasteiger partial charge in [0.25, 0.3) is 0 Å². The zero-order valence-corrected chi connectivity index (χ0v) is 69.9. The highest BCUT2D eigenvalue weighted by Gasteiger charge is 2.34. The topological polar surface area (TPSA) is 88.4 Å². The van der Waals surface area contributed by atoms with Gasteiger partial charge >= 0.3 is 8.60 Å². The van der Waals surface area contributed by atoms with Crippen molar-refractivity contribution in [1.82, 2.24) is 0 Å². The first-order valence-electron chi connectivity index (χ1n) is 34.4. The van der Waals surface area contributed by atoms with Crippen molar-refractivity contribution in [2.24, 2.45) is 0 Å². The van der Waals surface area contributed by atoms with Gasteiger partial charge in [-0.3, -0.25) is 0 Å². The van der Waals surface area contributed by atoms with E-state index in [0.29, 0.717) is 34.5 Å². The van der Waals surface area contributed by atoms with Crippen molar-refractivity contribution < 1.29 is 28.9 Å². The largest absolute Gasteiger partial charge is 0.530 e. The van der Waals surface area contributed by atoms with Crippen LogP contribution in [0.1, 0.15) is 208 Å². The molecule has 0 saturated heterocycles. The third kappa shape index (κ3) is 18.4. The molecule has 3 N–H and O–H groups in total. The van der Waals surface area contributed by atoms with Crippen LogP contribution < -0.4 is 13.6 Å². The van der Waals surface area contributed by atoms with Gasteiger partial charge in [-0.05, 0) is 254 Å². The SMILES string of the molecule is Cc1cc(OP(Oc2cc(C)c(Sc3cccc(Sc4cc(C)c(O)c(C(C)(C)C)c4)c3C)cc2C(C)(C)C)Oc2cc(C)c(Sc3cccc(Sc4cc(C)c(O)c(C(C)(C)C)c4)c3C)cc2C(C)(C)C)c(C(C)(C)C)cc1Sc1cccc(Sc2cc(C)c(O)c(C(C)(C)C)c2)c1C. The van der Waals surface area contributed by atoms with Crippen LogP contribution >= 0.6 is 79.2 Å². The number of aromatic hydroxyl groups is 3. The standard InChI is InChI=1S/C87H105O6PS6/c1-49-40-67(61(82(10,11)12)46-76(49)98-73-34-28-31-70(55(73)7)95-58-37-52(4)79(88)64(43-58)85(19,20)21)91-94(92-68-41-50(2)77(47-62(68)83(13,14)15)99-74-35-29-32-71(56(74)8)96-59-38-53(5)80(89)65(44-59)86(22,23)24)93-69-42-51(3)78(48-63(69)84(16,17)18)100-75-36-30-33-72(57(75)9)97-60-39-54(6)81(90)66(45-60)87(25,26)27/h28-48,88-90H,1-27H3. The summed E-state index contributed by atoms with van der Waals surface area (Å²) in [6, 6.07) is 45.8. The molecule has 100 heavy (non-hydrogen) atoms. The molecule has 0 aliphatic rings. The summed E-state index contributed by atoms with van der Waals surface area (Å²) in [6.45, 7) is 58.6. The molecule has 0 aliphatic carbocycles. The summed E-state index contributed by atoms with van der Waals surface area (Å²) in [5.41, 5.74) is 13.7. The first-order valence-corrected chi connectivity index (χ1v) is 40.4. The molecule has 0 radical (unpaired) electrons. The van der Waals surface area contributed by atoms with Crippen molar-refractivity contribution in [3.63, 3.8) is 0 Å². The molecule has 9 aromatic rings. The molecular weight excluding hydrogens is 1360 g/mol. The van der Waals surface area contributed by atoms with Crippen LogP contribution in [0.5, 0.6) is 34.5 Å². The maximum absolute atomic E-state index is 11.1. The van der Waals surface area contributed by atoms with Crippen LogP contribution in [0.4, 0.5) is 0 Å². The van der Waals surface area contributed by atoms with Crippen molar-refractivity contribution in [3.05, 3.63) is 211 Å². The molecule has 0 amide bonds. The van der Waals surface area contributed by atoms with Gasteiger partial charge in [0.1, 0.15) is 34.5 Å². The molecule has 0 saturated carbocycles. The van der Waals surface area contributed by atoms with Gasteiger partial charge in [0.05, 0.1) is 0 Å². The van der Waals surface area contributed by atoms with Crippen LogP contribution in [0.25, 0.3) is 0 Å². The second kappa shape index (κ2) is 30.2. The van der Waals surface area contributed by atoms with Gasteiger partial charge in [0, 0.05) is 92.1 Å². The van der Waals surface area contributed by atoms with E-state index < -0.39 is 8.60 Å². The number of rotatable bonds is 18. The van der Waals surface area contributed by atoms with Gasteiger partial charge in [-0.1, -0.05) is 213 Å². The minimum absolute atomic E-state index is 0.209. The van der Waals surface area contributed by atoms with Crippen LogP contribution in [-0.4, -0.2) is 15.3 Å². The maximum atomic E-state index is 11.1. The lowest BCUT2D eigenvalue weighted by atomic mass is 9.85. The fraction of sp³-hybridized carbons (Fsp3) is 0.379. The van der Waals surface area contributed by atoms with E-state index in [1.165, 1.54) is 46.1 Å². The Balaban J connectivity index is 1.11. The van der Waals surface area contributed by atoms with E-state index in [0.717, 1.165) is 96.1 Å². The van der Waals surface area contributed by atoms with Crippen LogP contribution in [0.3, 0.4) is 0 Å². The predicted molar refractivity (Wildman–Crippen MR) is 431 cm³/mol. The van der Waals surface area contributed by atoms with Gasteiger partial charge in [-0.15, -0.1) is 0 Å². The summed E-state index contributed by atoms with van der Waals surface area (Å²) >= 11 is 10.6. The zero-order valence-electron chi connectivity index (χ0n) is 64.1. The third-order valence-corrected chi connectivity index (χ3v) is 26.5. The van der Waals surface area contributed by atoms with E-state index >= 15 is 0 Å². The van der Waals surface area contributed by atoms with Gasteiger partial charge in [-0.25, -0.2) is 0 Å². The predicted octanol–water partition coefficient (Wildman–Crippen LogP) is 28.0. The minimum Gasteiger partial charge on any atom is -0.507 e. The second-order valence-corrected chi connectivity index (χ2v) is 40.6. The Morgan fingerprint density at radius 3 is 0.670 bits per heavy atom. The Kier molecular flexibility index (Phi) is 23.7. The van der Waals surface area contributed by atoms with Crippen molar-refractivity contribution in [2.75, 3.05) is 0 Å². The molecule has 0 heterocycles. The van der Waals surface area contributed by atoms with Crippen molar-refractivity contribution in [3.8, 4) is 34.5 Å². The summed E-state index contributed by atoms with van der Waals surface area (Å²) in [5.74, 6) is 3.22. The molecule has 9 rings (SSSR count). The Bertz CT molecular complexity index is 4110. The monoisotopic (exact) mass is 1470 g/mol. The number of aryl methyl sites for hydroxylation is 6. The highest BCUT2D eigenvalue weighted by molar-refractivity contribution is 8.01. The maximum Gasteiger partial charge on any atom is 0.530 e. The molecule has 530 valence electrons. The van der Waals surface area contributed by atoms with E-state index in [1.54, 1.807) is 70.6 Å². The Labute approximate surface area is 626 Å². The number of phenolic OH excluding ortho intramolecular Hbond substituents is 3. The van der Waals surface area contributed by atoms with E-state index in [9.17, 15) is 15.3 Å². The molecule has 0 fully saturated rings. The number of hydrogen-bond acceptors (Lipinski definition) is 12. The highest BCUT2D eigenvalue weighted by atomic mass is 32.2. The molecule has 9 aromatic carbocycles. The summed E-state index contributed by atoms with van der Waals surface area (Å²) in [4.78, 5) is 13.7. The number of phenols is 3. The lowest BCUT2D eigenvalue weighted by molar-refractivity contribution is 0.371. The number of hydrogen-bond donors (Lipinski definition) is 3. The van der Waals surface area contributed by atoms with Crippen LogP contribution in [-0.2, 0) is 32.5 Å². The fourth-order valence-electron chi connectivity index (χ4n) is 11.9. The molecule has 0 unspecified atom stereocenters. The van der Waals surface area contributed by atoms with E-state index in [2.05, 4.69) is 294 Å². The normalized spacial score (nSPS) is 12.6. The first kappa shape index (κ1) is 78.4. The van der Waals surface area contributed by atoms with Crippen LogP contribution in [0.15, 0.2) is 186 Å². The molecule has 0 aromatic heterocycles. The van der Waals surface area contributed by atoms with Gasteiger partial charge in [0.2, 0.25) is 0 Å². The van der Waals surface area contributed by atoms with Gasteiger partial charge in [-0.2, -0.15) is 0 Å². The summed E-state index contributed by atoms with van der Waals surface area (Å²) < 4.78 is 22.4. The van der Waals surface area contributed by atoms with E-state index in [4.69, 9.17) is 13.6 Å². The van der Waals surface area contributed by atoms with Gasteiger partial charge in [0.15, 0.2) is 0 Å². The lowest BCUT2D eigenvalue weighted by Crippen LogP contribution is -2.17. The average Bonchev–Trinajstić information content (AvgIpc) is 0.776. The Morgan fingerprint density at radius 1 is 0.250 bits per heavy atom. The van der Waals surface area contributed by atoms with Crippen LogP contribution in [0, 0.1) is 62.3 Å². The average molecular weight is 1470 g/mol. The molecule has 13 heteroatoms. The fourth-order valence-corrected chi connectivity index (χ4v) is 19.5. The third-order valence-electron chi connectivity index (χ3n) is 18.1. The van der Waals surface area contributed by atoms with Crippen molar-refractivity contribution in [2.45, 2.75) is 278 Å². The lowest BCUT2D eigenvalue weighted by Gasteiger charge is -2.30. The smallest absolute Gasteiger partial charge is 0.507 e. The zero-order chi connectivity index (χ0) is 73.8. The summed E-state index contributed by atoms with van der Waals surface area (Å²) in [5, 5.41) is 33.3. The van der Waals surface area contributed by atoms with Crippen molar-refractivity contribution in [1.29, 1.82) is 0 Å². The summed E-state index contributed by atoms with van der Waals surface area (Å²) in [6.07, 6.45) is 0. The minimum atomic E-state index is -2.21. The van der Waals surface area contributed by atoms with Gasteiger partial charge < -0.3 is 28.9 Å². The van der Waals surface area contributed by atoms with Crippen LogP contribution in [0.2, 0.25) is 0 Å². The van der Waals surface area contributed by atoms with E-state index in [-0.39, 0.29) is 32.5 Å². The first-order chi connectivity index (χ1) is 46.3. The molecule has 0 spiro atoms. The molecule has 0 aliphatic heterocycles. The quantitative estimate of drug-likeness (QED) is 0.0715. The molecule has 0 bridgehead atoms. The Hall–Kier alpha value is -5.69. The van der Waals surface area contributed by atoms with Crippen molar-refractivity contribution >= 4 is 79.2 Å².